The molecule has 0 saturated carbocycles. The van der Waals surface area contributed by atoms with Crippen LogP contribution in [-0.4, -0.2) is 42.0 Å². The van der Waals surface area contributed by atoms with Gasteiger partial charge in [0.05, 0.1) is 17.3 Å². The number of nitriles is 1. The molecule has 2 aromatic rings. The SMILES string of the molecule is Cc1ccc(F)c(NC(=O)N2CCN(Cc3ccc(C#N)cc3)CC2)c1. The average molecular weight is 352 g/mol. The molecule has 5 nitrogen and oxygen atoms in total. The molecule has 0 atom stereocenters. The summed E-state index contributed by atoms with van der Waals surface area (Å²) in [5.41, 5.74) is 2.91. The van der Waals surface area contributed by atoms with Crippen molar-refractivity contribution in [1.82, 2.24) is 9.80 Å². The molecule has 1 fully saturated rings. The molecule has 1 saturated heterocycles. The number of benzene rings is 2. The van der Waals surface area contributed by atoms with Crippen molar-refractivity contribution in [3.05, 3.63) is 65.0 Å². The Morgan fingerprint density at radius 2 is 1.85 bits per heavy atom. The minimum Gasteiger partial charge on any atom is -0.322 e. The van der Waals surface area contributed by atoms with Crippen molar-refractivity contribution in [1.29, 1.82) is 5.26 Å². The van der Waals surface area contributed by atoms with Gasteiger partial charge in [0.1, 0.15) is 5.82 Å². The Morgan fingerprint density at radius 1 is 1.15 bits per heavy atom. The Kier molecular flexibility index (Phi) is 5.49. The Morgan fingerprint density at radius 3 is 2.50 bits per heavy atom. The number of nitrogens with zero attached hydrogens (tertiary/aromatic N) is 3. The first kappa shape index (κ1) is 17.9. The number of anilines is 1. The van der Waals surface area contributed by atoms with E-state index in [0.29, 0.717) is 18.7 Å². The predicted molar refractivity (Wildman–Crippen MR) is 98.2 cm³/mol. The highest BCUT2D eigenvalue weighted by Gasteiger charge is 2.21. The molecule has 26 heavy (non-hydrogen) atoms. The fourth-order valence-corrected chi connectivity index (χ4v) is 2.98. The minimum absolute atomic E-state index is 0.218. The van der Waals surface area contributed by atoms with E-state index >= 15 is 0 Å². The summed E-state index contributed by atoms with van der Waals surface area (Å²) in [6.07, 6.45) is 0. The van der Waals surface area contributed by atoms with Crippen LogP contribution in [0.25, 0.3) is 0 Å². The van der Waals surface area contributed by atoms with Crippen LogP contribution in [0.3, 0.4) is 0 Å². The van der Waals surface area contributed by atoms with Gasteiger partial charge < -0.3 is 10.2 Å². The molecule has 2 amide bonds. The van der Waals surface area contributed by atoms with Crippen molar-refractivity contribution < 1.29 is 9.18 Å². The maximum atomic E-state index is 13.8. The van der Waals surface area contributed by atoms with Gasteiger partial charge in [-0.15, -0.1) is 0 Å². The summed E-state index contributed by atoms with van der Waals surface area (Å²) < 4.78 is 13.8. The molecule has 0 bridgehead atoms. The third-order valence-corrected chi connectivity index (χ3v) is 4.51. The lowest BCUT2D eigenvalue weighted by molar-refractivity contribution is 0.143. The lowest BCUT2D eigenvalue weighted by atomic mass is 10.1. The molecule has 134 valence electrons. The first-order valence-electron chi connectivity index (χ1n) is 8.58. The molecule has 0 spiro atoms. The molecule has 2 aromatic carbocycles. The van der Waals surface area contributed by atoms with E-state index in [2.05, 4.69) is 16.3 Å². The number of urea groups is 1. The van der Waals surface area contributed by atoms with Crippen LogP contribution < -0.4 is 5.32 Å². The second kappa shape index (κ2) is 7.98. The van der Waals surface area contributed by atoms with E-state index in [1.807, 2.05) is 31.2 Å². The van der Waals surface area contributed by atoms with Gasteiger partial charge >= 0.3 is 6.03 Å². The van der Waals surface area contributed by atoms with E-state index in [9.17, 15) is 9.18 Å². The molecular weight excluding hydrogens is 331 g/mol. The molecule has 0 aliphatic carbocycles. The highest BCUT2D eigenvalue weighted by molar-refractivity contribution is 5.89. The van der Waals surface area contributed by atoms with Crippen LogP contribution in [0.1, 0.15) is 16.7 Å². The average Bonchev–Trinajstić information content (AvgIpc) is 2.66. The van der Waals surface area contributed by atoms with Crippen LogP contribution in [-0.2, 0) is 6.54 Å². The second-order valence-electron chi connectivity index (χ2n) is 6.49. The molecule has 0 aromatic heterocycles. The van der Waals surface area contributed by atoms with Gasteiger partial charge in [0, 0.05) is 32.7 Å². The summed E-state index contributed by atoms with van der Waals surface area (Å²) in [6.45, 7) is 5.34. The molecule has 1 N–H and O–H groups in total. The Labute approximate surface area is 152 Å². The number of rotatable bonds is 3. The summed E-state index contributed by atoms with van der Waals surface area (Å²) >= 11 is 0. The van der Waals surface area contributed by atoms with E-state index in [1.54, 1.807) is 17.0 Å². The predicted octanol–water partition coefficient (Wildman–Crippen LogP) is 3.36. The fourth-order valence-electron chi connectivity index (χ4n) is 2.98. The van der Waals surface area contributed by atoms with Gasteiger partial charge in [-0.2, -0.15) is 5.26 Å². The normalized spacial score (nSPS) is 14.7. The van der Waals surface area contributed by atoms with Crippen molar-refractivity contribution in [3.63, 3.8) is 0 Å². The summed E-state index contributed by atoms with van der Waals surface area (Å²) in [5.74, 6) is -0.427. The maximum absolute atomic E-state index is 13.8. The lowest BCUT2D eigenvalue weighted by Gasteiger charge is -2.34. The summed E-state index contributed by atoms with van der Waals surface area (Å²) in [7, 11) is 0. The van der Waals surface area contributed by atoms with Crippen LogP contribution in [0.15, 0.2) is 42.5 Å². The van der Waals surface area contributed by atoms with Crippen LogP contribution in [0, 0.1) is 24.1 Å². The Bertz CT molecular complexity index is 821. The van der Waals surface area contributed by atoms with Crippen LogP contribution in [0.4, 0.5) is 14.9 Å². The standard InChI is InChI=1S/C20H21FN4O/c1-15-2-7-18(21)19(12-15)23-20(26)25-10-8-24(9-11-25)14-17-5-3-16(13-22)4-6-17/h2-7,12H,8-11,14H2,1H3,(H,23,26). The second-order valence-corrected chi connectivity index (χ2v) is 6.49. The lowest BCUT2D eigenvalue weighted by Crippen LogP contribution is -2.49. The number of amides is 2. The van der Waals surface area contributed by atoms with Crippen LogP contribution >= 0.6 is 0 Å². The zero-order chi connectivity index (χ0) is 18.5. The van der Waals surface area contributed by atoms with Gasteiger partial charge in [0.25, 0.3) is 0 Å². The van der Waals surface area contributed by atoms with E-state index in [0.717, 1.165) is 30.8 Å². The molecule has 6 heteroatoms. The quantitative estimate of drug-likeness (QED) is 0.921. The smallest absolute Gasteiger partial charge is 0.322 e. The highest BCUT2D eigenvalue weighted by Crippen LogP contribution is 2.17. The third kappa shape index (κ3) is 4.38. The number of hydrogen-bond acceptors (Lipinski definition) is 3. The third-order valence-electron chi connectivity index (χ3n) is 4.51. The summed E-state index contributed by atoms with van der Waals surface area (Å²) in [4.78, 5) is 16.3. The monoisotopic (exact) mass is 352 g/mol. The number of piperazine rings is 1. The first-order valence-corrected chi connectivity index (χ1v) is 8.58. The molecule has 1 heterocycles. The molecule has 1 aliphatic heterocycles. The zero-order valence-corrected chi connectivity index (χ0v) is 14.7. The van der Waals surface area contributed by atoms with Gasteiger partial charge in [0.15, 0.2) is 0 Å². The molecular formula is C20H21FN4O. The van der Waals surface area contributed by atoms with Crippen molar-refractivity contribution in [3.8, 4) is 6.07 Å². The summed E-state index contributed by atoms with van der Waals surface area (Å²) in [6, 6.07) is 14.1. The minimum atomic E-state index is -0.427. The van der Waals surface area contributed by atoms with Gasteiger partial charge in [-0.1, -0.05) is 18.2 Å². The number of hydrogen-bond donors (Lipinski definition) is 1. The van der Waals surface area contributed by atoms with Gasteiger partial charge in [-0.05, 0) is 42.3 Å². The van der Waals surface area contributed by atoms with E-state index in [1.165, 1.54) is 6.07 Å². The van der Waals surface area contributed by atoms with E-state index in [4.69, 9.17) is 5.26 Å². The fraction of sp³-hybridized carbons (Fsp3) is 0.300. The van der Waals surface area contributed by atoms with Crippen molar-refractivity contribution in [2.24, 2.45) is 0 Å². The number of carbonyl (C=O) groups excluding carboxylic acids is 1. The molecule has 3 rings (SSSR count). The summed E-state index contributed by atoms with van der Waals surface area (Å²) in [5, 5.41) is 11.5. The van der Waals surface area contributed by atoms with E-state index in [-0.39, 0.29) is 11.7 Å². The topological polar surface area (TPSA) is 59.4 Å². The van der Waals surface area contributed by atoms with Crippen molar-refractivity contribution in [2.45, 2.75) is 13.5 Å². The molecule has 0 radical (unpaired) electrons. The van der Waals surface area contributed by atoms with Gasteiger partial charge in [0.2, 0.25) is 0 Å². The highest BCUT2D eigenvalue weighted by atomic mass is 19.1. The largest absolute Gasteiger partial charge is 0.322 e. The first-order chi connectivity index (χ1) is 12.5. The number of carbonyl (C=O) groups is 1. The molecule has 0 unspecified atom stereocenters. The number of halogens is 1. The maximum Gasteiger partial charge on any atom is 0.322 e. The van der Waals surface area contributed by atoms with Crippen LogP contribution in [0.5, 0.6) is 0 Å². The number of aryl methyl sites for hydroxylation is 1. The Balaban J connectivity index is 1.52. The van der Waals surface area contributed by atoms with Crippen molar-refractivity contribution in [2.75, 3.05) is 31.5 Å². The Hall–Kier alpha value is -2.91. The number of nitrogens with one attached hydrogen (secondary N) is 1. The van der Waals surface area contributed by atoms with Crippen molar-refractivity contribution >= 4 is 11.7 Å². The van der Waals surface area contributed by atoms with Crippen LogP contribution in [0.2, 0.25) is 0 Å². The van der Waals surface area contributed by atoms with Gasteiger partial charge in [-0.25, -0.2) is 9.18 Å². The molecule has 1 aliphatic rings. The van der Waals surface area contributed by atoms with E-state index < -0.39 is 5.82 Å². The van der Waals surface area contributed by atoms with Gasteiger partial charge in [-0.3, -0.25) is 4.90 Å². The zero-order valence-electron chi connectivity index (χ0n) is 14.7.